The van der Waals surface area contributed by atoms with Crippen LogP contribution in [0, 0.1) is 0 Å². The van der Waals surface area contributed by atoms with Crippen molar-refractivity contribution in [2.75, 3.05) is 13.1 Å². The Kier molecular flexibility index (Phi) is 4.13. The van der Waals surface area contributed by atoms with Crippen molar-refractivity contribution in [3.05, 3.63) is 22.9 Å². The summed E-state index contributed by atoms with van der Waals surface area (Å²) in [6, 6.07) is 0. The van der Waals surface area contributed by atoms with E-state index >= 15 is 0 Å². The lowest BCUT2D eigenvalue weighted by molar-refractivity contribution is 0.458. The van der Waals surface area contributed by atoms with E-state index in [0.29, 0.717) is 0 Å². The van der Waals surface area contributed by atoms with E-state index in [0.717, 1.165) is 19.5 Å². The highest BCUT2D eigenvalue weighted by Gasteiger charge is 2.12. The highest BCUT2D eigenvalue weighted by atomic mass is 15.2. The van der Waals surface area contributed by atoms with Crippen molar-refractivity contribution in [3.8, 4) is 0 Å². The Morgan fingerprint density at radius 1 is 1.20 bits per heavy atom. The van der Waals surface area contributed by atoms with Crippen molar-refractivity contribution in [1.29, 1.82) is 0 Å². The van der Waals surface area contributed by atoms with Gasteiger partial charge in [0.1, 0.15) is 5.84 Å². The Labute approximate surface area is 93.4 Å². The summed E-state index contributed by atoms with van der Waals surface area (Å²) in [6.07, 6.45) is 2.99. The number of aliphatic imine (C=N–C) groups is 1. The van der Waals surface area contributed by atoms with Gasteiger partial charge < -0.3 is 4.90 Å². The Balaban J connectivity index is 2.97. The molecule has 0 fully saturated rings. The number of nitrogens with zero attached hydrogens (tertiary/aromatic N) is 2. The molecule has 0 radical (unpaired) electrons. The molecular weight excluding hydrogens is 184 g/mol. The molecular formula is C13H22N2. The zero-order chi connectivity index (χ0) is 11.4. The topological polar surface area (TPSA) is 15.6 Å². The molecule has 0 amide bonds. The Morgan fingerprint density at radius 3 is 2.33 bits per heavy atom. The second-order valence-electron chi connectivity index (χ2n) is 4.11. The van der Waals surface area contributed by atoms with Crippen molar-refractivity contribution in [3.63, 3.8) is 0 Å². The zero-order valence-corrected chi connectivity index (χ0v) is 10.6. The molecule has 0 bridgehead atoms. The average molecular weight is 206 g/mol. The molecule has 0 atom stereocenters. The first-order chi connectivity index (χ1) is 7.10. The lowest BCUT2D eigenvalue weighted by Crippen LogP contribution is -2.30. The molecule has 0 N–H and O–H groups in total. The first-order valence-corrected chi connectivity index (χ1v) is 5.75. The predicted octanol–water partition coefficient (Wildman–Crippen LogP) is 3.37. The quantitative estimate of drug-likeness (QED) is 0.676. The fourth-order valence-corrected chi connectivity index (χ4v) is 1.80. The Hall–Kier alpha value is -1.05. The maximum atomic E-state index is 4.59. The lowest BCUT2D eigenvalue weighted by atomic mass is 10.0. The van der Waals surface area contributed by atoms with Gasteiger partial charge in [-0.15, -0.1) is 0 Å². The fourth-order valence-electron chi connectivity index (χ4n) is 1.80. The predicted molar refractivity (Wildman–Crippen MR) is 67.1 cm³/mol. The molecule has 84 valence electrons. The van der Waals surface area contributed by atoms with Gasteiger partial charge in [0.05, 0.1) is 0 Å². The Morgan fingerprint density at radius 2 is 1.80 bits per heavy atom. The van der Waals surface area contributed by atoms with Crippen LogP contribution in [-0.4, -0.2) is 23.8 Å². The van der Waals surface area contributed by atoms with Crippen LogP contribution in [0.4, 0.5) is 0 Å². The van der Waals surface area contributed by atoms with Crippen LogP contribution < -0.4 is 0 Å². The second kappa shape index (κ2) is 5.15. The third-order valence-corrected chi connectivity index (χ3v) is 3.19. The molecule has 0 aromatic carbocycles. The summed E-state index contributed by atoms with van der Waals surface area (Å²) < 4.78 is 0. The highest BCUT2D eigenvalue weighted by molar-refractivity contribution is 5.85. The monoisotopic (exact) mass is 206 g/mol. The van der Waals surface area contributed by atoms with Crippen LogP contribution in [0.1, 0.15) is 41.0 Å². The molecule has 0 saturated carbocycles. The molecule has 0 saturated heterocycles. The number of allylic oxidation sites excluding steroid dienone is 2. The van der Waals surface area contributed by atoms with Crippen LogP contribution in [0.2, 0.25) is 0 Å². The fraction of sp³-hybridized carbons (Fsp3) is 0.615. The van der Waals surface area contributed by atoms with Crippen molar-refractivity contribution < 1.29 is 0 Å². The summed E-state index contributed by atoms with van der Waals surface area (Å²) in [5.74, 6) is 1.20. The summed E-state index contributed by atoms with van der Waals surface area (Å²) in [4.78, 5) is 6.91. The van der Waals surface area contributed by atoms with Crippen LogP contribution in [-0.2, 0) is 0 Å². The van der Waals surface area contributed by atoms with Crippen molar-refractivity contribution in [1.82, 2.24) is 4.90 Å². The lowest BCUT2D eigenvalue weighted by Gasteiger charge is -2.22. The van der Waals surface area contributed by atoms with Crippen LogP contribution in [0.5, 0.6) is 0 Å². The van der Waals surface area contributed by atoms with Gasteiger partial charge in [0.2, 0.25) is 0 Å². The average Bonchev–Trinajstić information content (AvgIpc) is 2.35. The Bertz CT molecular complexity index is 312. The summed E-state index contributed by atoms with van der Waals surface area (Å²) in [5, 5.41) is 0. The van der Waals surface area contributed by atoms with E-state index in [1.54, 1.807) is 0 Å². The molecule has 0 unspecified atom stereocenters. The van der Waals surface area contributed by atoms with Gasteiger partial charge in [-0.05, 0) is 45.8 Å². The minimum Gasteiger partial charge on any atom is -0.360 e. The molecule has 1 aliphatic heterocycles. The minimum atomic E-state index is 0.987. The first kappa shape index (κ1) is 12.0. The van der Waals surface area contributed by atoms with E-state index in [4.69, 9.17) is 0 Å². The van der Waals surface area contributed by atoms with Gasteiger partial charge in [-0.3, -0.25) is 0 Å². The normalized spacial score (nSPS) is 17.1. The third-order valence-electron chi connectivity index (χ3n) is 3.19. The summed E-state index contributed by atoms with van der Waals surface area (Å²) in [7, 11) is 0. The first-order valence-electron chi connectivity index (χ1n) is 5.75. The summed E-state index contributed by atoms with van der Waals surface area (Å²) >= 11 is 0. The van der Waals surface area contributed by atoms with Gasteiger partial charge in [0.25, 0.3) is 0 Å². The molecule has 1 rings (SSSR count). The van der Waals surface area contributed by atoms with Crippen LogP contribution in [0.25, 0.3) is 0 Å². The maximum absolute atomic E-state index is 4.59. The van der Waals surface area contributed by atoms with Crippen LogP contribution in [0.3, 0.4) is 0 Å². The zero-order valence-electron chi connectivity index (χ0n) is 10.6. The van der Waals surface area contributed by atoms with Gasteiger partial charge >= 0.3 is 0 Å². The van der Waals surface area contributed by atoms with Gasteiger partial charge in [-0.25, -0.2) is 4.99 Å². The van der Waals surface area contributed by atoms with Crippen LogP contribution >= 0.6 is 0 Å². The van der Waals surface area contributed by atoms with E-state index in [1.165, 1.54) is 22.6 Å². The molecule has 2 heteroatoms. The molecule has 15 heavy (non-hydrogen) atoms. The number of rotatable bonds is 2. The molecule has 2 nitrogen and oxygen atoms in total. The van der Waals surface area contributed by atoms with Crippen molar-refractivity contribution in [2.45, 2.75) is 41.0 Å². The van der Waals surface area contributed by atoms with Gasteiger partial charge in [-0.1, -0.05) is 5.57 Å². The number of hydrogen-bond donors (Lipinski definition) is 0. The summed E-state index contributed by atoms with van der Waals surface area (Å²) in [6.45, 7) is 13.0. The SMILES string of the molecule is CCN(CC)C1=NC=C(C)C(C)=C(C)C1. The largest absolute Gasteiger partial charge is 0.360 e. The smallest absolute Gasteiger partial charge is 0.108 e. The molecule has 1 heterocycles. The van der Waals surface area contributed by atoms with E-state index in [1.807, 2.05) is 6.20 Å². The maximum Gasteiger partial charge on any atom is 0.108 e. The standard InChI is InChI=1S/C13H22N2/c1-6-15(7-2)13-8-10(3)12(5)11(4)9-14-13/h9H,6-8H2,1-5H3. The minimum absolute atomic E-state index is 0.987. The molecule has 0 aromatic heterocycles. The molecule has 0 aromatic rings. The second-order valence-corrected chi connectivity index (χ2v) is 4.11. The van der Waals surface area contributed by atoms with E-state index in [2.05, 4.69) is 44.5 Å². The number of hydrogen-bond acceptors (Lipinski definition) is 2. The van der Waals surface area contributed by atoms with E-state index in [9.17, 15) is 0 Å². The molecule has 0 spiro atoms. The van der Waals surface area contributed by atoms with E-state index < -0.39 is 0 Å². The van der Waals surface area contributed by atoms with Gasteiger partial charge in [-0.2, -0.15) is 0 Å². The molecule has 1 aliphatic rings. The molecule has 0 aliphatic carbocycles. The summed E-state index contributed by atoms with van der Waals surface area (Å²) in [5.41, 5.74) is 4.11. The van der Waals surface area contributed by atoms with Crippen LogP contribution in [0.15, 0.2) is 27.9 Å². The van der Waals surface area contributed by atoms with Crippen molar-refractivity contribution in [2.24, 2.45) is 4.99 Å². The van der Waals surface area contributed by atoms with Gasteiger partial charge in [0, 0.05) is 25.7 Å². The van der Waals surface area contributed by atoms with E-state index in [-0.39, 0.29) is 0 Å². The van der Waals surface area contributed by atoms with Crippen molar-refractivity contribution >= 4 is 5.84 Å². The van der Waals surface area contributed by atoms with Gasteiger partial charge in [0.15, 0.2) is 0 Å². The highest BCUT2D eigenvalue weighted by Crippen LogP contribution is 2.21. The third kappa shape index (κ3) is 2.71. The number of amidine groups is 1.